The molecular formula is C25H33N7O5. The summed E-state index contributed by atoms with van der Waals surface area (Å²) in [6.07, 6.45) is 0.833. The van der Waals surface area contributed by atoms with Crippen LogP contribution < -0.4 is 27.5 Å². The van der Waals surface area contributed by atoms with Crippen LogP contribution in [0.3, 0.4) is 0 Å². The van der Waals surface area contributed by atoms with Gasteiger partial charge in [0, 0.05) is 19.8 Å². The molecule has 0 aromatic heterocycles. The highest BCUT2D eigenvalue weighted by Gasteiger charge is 2.29. The molecule has 2 unspecified atom stereocenters. The molecule has 8 N–H and O–H groups in total. The fourth-order valence-corrected chi connectivity index (χ4v) is 3.63. The molecule has 0 bridgehead atoms. The Kier molecular flexibility index (Phi) is 11.5. The van der Waals surface area contributed by atoms with Gasteiger partial charge in [0.1, 0.15) is 23.9 Å². The summed E-state index contributed by atoms with van der Waals surface area (Å²) in [4.78, 5) is 50.1. The van der Waals surface area contributed by atoms with Crippen LogP contribution in [-0.2, 0) is 32.0 Å². The molecule has 37 heavy (non-hydrogen) atoms. The fraction of sp³-hybridized carbons (Fsp3) is 0.360. The van der Waals surface area contributed by atoms with Crippen LogP contribution in [0.15, 0.2) is 64.9 Å². The van der Waals surface area contributed by atoms with Gasteiger partial charge in [-0.05, 0) is 36.1 Å². The molecule has 0 heterocycles. The lowest BCUT2D eigenvalue weighted by molar-refractivity contribution is -0.133. The topological polar surface area (TPSA) is 201 Å². The van der Waals surface area contributed by atoms with Crippen molar-refractivity contribution in [3.63, 3.8) is 0 Å². The van der Waals surface area contributed by atoms with Crippen molar-refractivity contribution >= 4 is 23.6 Å². The van der Waals surface area contributed by atoms with E-state index in [0.717, 1.165) is 5.56 Å². The Morgan fingerprint density at radius 3 is 2.00 bits per heavy atom. The molecule has 0 saturated carbocycles. The van der Waals surface area contributed by atoms with Crippen LogP contribution in [0.2, 0.25) is 0 Å². The summed E-state index contributed by atoms with van der Waals surface area (Å²) in [6, 6.07) is 12.2. The van der Waals surface area contributed by atoms with Gasteiger partial charge in [0.15, 0.2) is 0 Å². The highest BCUT2D eigenvalue weighted by Crippen LogP contribution is 2.12. The predicted octanol–water partition coefficient (Wildman–Crippen LogP) is 0.243. The second kappa shape index (κ2) is 14.8. The molecule has 0 fully saturated rings. The second-order valence-corrected chi connectivity index (χ2v) is 8.46. The van der Waals surface area contributed by atoms with Crippen molar-refractivity contribution in [3.05, 3.63) is 65.7 Å². The van der Waals surface area contributed by atoms with E-state index >= 15 is 0 Å². The van der Waals surface area contributed by atoms with Crippen LogP contribution in [0.5, 0.6) is 5.75 Å². The maximum absolute atomic E-state index is 13.2. The third-order valence-electron chi connectivity index (χ3n) is 5.48. The zero-order valence-electron chi connectivity index (χ0n) is 20.6. The first kappa shape index (κ1) is 28.8. The van der Waals surface area contributed by atoms with Crippen molar-refractivity contribution in [1.29, 1.82) is 0 Å². The number of nitrogens with zero attached hydrogens (tertiary/aromatic N) is 2. The Morgan fingerprint density at radius 2 is 1.41 bits per heavy atom. The van der Waals surface area contributed by atoms with Gasteiger partial charge in [0.25, 0.3) is 0 Å². The number of rotatable bonds is 14. The van der Waals surface area contributed by atoms with E-state index in [4.69, 9.17) is 11.6 Å². The minimum absolute atomic E-state index is 0.0650. The number of nitrogens with one attached hydrogen (secondary N) is 3. The highest BCUT2D eigenvalue weighted by molar-refractivity contribution is 5.94. The third kappa shape index (κ3) is 10.3. The first-order chi connectivity index (χ1) is 17.7. The van der Waals surface area contributed by atoms with Crippen molar-refractivity contribution in [2.24, 2.45) is 21.9 Å². The van der Waals surface area contributed by atoms with E-state index in [-0.39, 0.29) is 31.6 Å². The van der Waals surface area contributed by atoms with Gasteiger partial charge in [-0.3, -0.25) is 19.2 Å². The van der Waals surface area contributed by atoms with Crippen LogP contribution >= 0.6 is 0 Å². The first-order valence-corrected chi connectivity index (χ1v) is 11.7. The van der Waals surface area contributed by atoms with E-state index in [1.165, 1.54) is 19.1 Å². The lowest BCUT2D eigenvalue weighted by Crippen LogP contribution is -2.57. The molecule has 0 aliphatic heterocycles. The molecule has 4 amide bonds. The monoisotopic (exact) mass is 511 g/mol. The average Bonchev–Trinajstić information content (AvgIpc) is 2.86. The van der Waals surface area contributed by atoms with Gasteiger partial charge in [-0.2, -0.15) is 5.11 Å². The largest absolute Gasteiger partial charge is 0.508 e. The second-order valence-electron chi connectivity index (χ2n) is 8.46. The summed E-state index contributed by atoms with van der Waals surface area (Å²) >= 11 is 0. The number of carbonyl (C=O) groups is 4. The van der Waals surface area contributed by atoms with Gasteiger partial charge in [0.2, 0.25) is 23.6 Å². The number of phenolic OH excluding ortho intramolecular Hbond substituents is 1. The first-order valence-electron chi connectivity index (χ1n) is 11.7. The van der Waals surface area contributed by atoms with E-state index in [0.29, 0.717) is 12.0 Å². The van der Waals surface area contributed by atoms with Gasteiger partial charge in [-0.25, -0.2) is 0 Å². The molecule has 3 atom stereocenters. The molecule has 2 aromatic carbocycles. The molecule has 198 valence electrons. The van der Waals surface area contributed by atoms with Gasteiger partial charge in [-0.15, -0.1) is 0 Å². The molecule has 0 radical (unpaired) electrons. The van der Waals surface area contributed by atoms with Gasteiger partial charge < -0.3 is 32.6 Å². The number of primary amides is 1. The molecule has 2 aromatic rings. The molecule has 12 heteroatoms. The number of carbonyl (C=O) groups excluding carboxylic acids is 4. The minimum Gasteiger partial charge on any atom is -0.508 e. The maximum Gasteiger partial charge on any atom is 0.243 e. The van der Waals surface area contributed by atoms with Gasteiger partial charge in [-0.1, -0.05) is 47.7 Å². The average molecular weight is 512 g/mol. The maximum atomic E-state index is 13.2. The number of hydrogen-bond acceptors (Lipinski definition) is 7. The lowest BCUT2D eigenvalue weighted by atomic mass is 10.0. The molecule has 0 saturated heterocycles. The molecule has 0 aliphatic rings. The van der Waals surface area contributed by atoms with E-state index in [2.05, 4.69) is 26.3 Å². The zero-order chi connectivity index (χ0) is 27.2. The standard InChI is InChI=1S/C25H33N7O5/c1-16(33)29-22(15-18-9-11-19(34)12-10-18)25(37)30-20(8-5-13-28-32-27)24(36)31-21(23(26)35)14-17-6-3-2-4-7-17/h2-4,6-7,9-12,20-22,34H,5,8,13-15H2,1H3,(H2,26,35)(H2,27,28)(H,29,33)(H,30,37)(H,31,36)/t20-,21?,22?/m1/s1. The smallest absolute Gasteiger partial charge is 0.243 e. The number of hydrogen-bond donors (Lipinski definition) is 6. The van der Waals surface area contributed by atoms with Crippen molar-refractivity contribution in [1.82, 2.24) is 16.0 Å². The molecule has 2 rings (SSSR count). The quantitative estimate of drug-likeness (QED) is 0.0907. The summed E-state index contributed by atoms with van der Waals surface area (Å²) in [7, 11) is 0. The van der Waals surface area contributed by atoms with Crippen LogP contribution in [0.25, 0.3) is 0 Å². The van der Waals surface area contributed by atoms with Gasteiger partial charge >= 0.3 is 0 Å². The Hall–Kier alpha value is -4.48. The minimum atomic E-state index is -1.05. The van der Waals surface area contributed by atoms with E-state index < -0.39 is 41.8 Å². The predicted molar refractivity (Wildman–Crippen MR) is 136 cm³/mol. The number of aromatic hydroxyl groups is 1. The van der Waals surface area contributed by atoms with E-state index in [1.807, 2.05) is 6.07 Å². The van der Waals surface area contributed by atoms with Crippen molar-refractivity contribution in [3.8, 4) is 5.75 Å². The Labute approximate surface area is 214 Å². The molecular weight excluding hydrogens is 478 g/mol. The SMILES string of the molecule is CC(=O)NC(Cc1ccc(O)cc1)C(=O)N[C@H](CCCN=NN)C(=O)NC(Cc1ccccc1)C(N)=O. The number of amides is 4. The molecule has 0 spiro atoms. The van der Waals surface area contributed by atoms with Crippen LogP contribution in [0.4, 0.5) is 0 Å². The fourth-order valence-electron chi connectivity index (χ4n) is 3.63. The Bertz CT molecular complexity index is 1080. The number of benzene rings is 2. The summed E-state index contributed by atoms with van der Waals surface area (Å²) < 4.78 is 0. The molecule has 12 nitrogen and oxygen atoms in total. The van der Waals surface area contributed by atoms with E-state index in [1.54, 1.807) is 36.4 Å². The van der Waals surface area contributed by atoms with E-state index in [9.17, 15) is 24.3 Å². The summed E-state index contributed by atoms with van der Waals surface area (Å²) in [5.41, 5.74) is 7.01. The third-order valence-corrected chi connectivity index (χ3v) is 5.48. The molecule has 0 aliphatic carbocycles. The highest BCUT2D eigenvalue weighted by atomic mass is 16.3. The summed E-state index contributed by atoms with van der Waals surface area (Å²) in [5.74, 6) is 2.74. The Morgan fingerprint density at radius 1 is 0.838 bits per heavy atom. The Balaban J connectivity index is 2.17. The van der Waals surface area contributed by atoms with Crippen molar-refractivity contribution in [2.45, 2.75) is 50.7 Å². The summed E-state index contributed by atoms with van der Waals surface area (Å²) in [6.45, 7) is 1.50. The lowest BCUT2D eigenvalue weighted by Gasteiger charge is -2.24. The van der Waals surface area contributed by atoms with Crippen molar-refractivity contribution < 1.29 is 24.3 Å². The number of phenols is 1. The van der Waals surface area contributed by atoms with Crippen molar-refractivity contribution in [2.75, 3.05) is 6.54 Å². The van der Waals surface area contributed by atoms with Crippen LogP contribution in [0, 0.1) is 0 Å². The summed E-state index contributed by atoms with van der Waals surface area (Å²) in [5, 5.41) is 24.2. The van der Waals surface area contributed by atoms with Crippen LogP contribution in [-0.4, -0.2) is 53.4 Å². The zero-order valence-corrected chi connectivity index (χ0v) is 20.6. The normalized spacial score (nSPS) is 13.3. The van der Waals surface area contributed by atoms with Gasteiger partial charge in [0.05, 0.1) is 6.54 Å². The number of nitrogens with two attached hydrogens (primary N) is 2. The van der Waals surface area contributed by atoms with Crippen LogP contribution in [0.1, 0.15) is 30.9 Å².